The van der Waals surface area contributed by atoms with E-state index in [9.17, 15) is 8.42 Å². The Labute approximate surface area is 122 Å². The summed E-state index contributed by atoms with van der Waals surface area (Å²) in [5.41, 5.74) is 3.04. The highest BCUT2D eigenvalue weighted by molar-refractivity contribution is 7.89. The Morgan fingerprint density at radius 3 is 1.76 bits per heavy atom. The largest absolute Gasteiger partial charge is 0.364 e. The summed E-state index contributed by atoms with van der Waals surface area (Å²) < 4.78 is 22.7. The first kappa shape index (κ1) is 13.7. The fourth-order valence-corrected chi connectivity index (χ4v) is 2.94. The summed E-state index contributed by atoms with van der Waals surface area (Å²) in [5.74, 6) is -0.00970. The molecule has 0 aliphatic rings. The lowest BCUT2D eigenvalue weighted by atomic mass is 9.93. The van der Waals surface area contributed by atoms with E-state index in [1.807, 2.05) is 36.7 Å². The van der Waals surface area contributed by atoms with Crippen LogP contribution in [0, 0.1) is 0 Å². The standard InChI is InChI=1S/C15H15N3O2S/c16-21(19,20)12-7-5-11(6-8-12)15(13-3-1-9-17-13)14-4-2-10-18-14/h1-10,15,17-18H,(H2,16,19,20). The van der Waals surface area contributed by atoms with Gasteiger partial charge in [-0.2, -0.15) is 0 Å². The first-order valence-electron chi connectivity index (χ1n) is 6.45. The van der Waals surface area contributed by atoms with Crippen LogP contribution in [0.4, 0.5) is 0 Å². The second kappa shape index (κ2) is 5.23. The maximum Gasteiger partial charge on any atom is 0.238 e. The van der Waals surface area contributed by atoms with Gasteiger partial charge in [0, 0.05) is 23.8 Å². The molecule has 0 atom stereocenters. The molecule has 5 nitrogen and oxygen atoms in total. The Morgan fingerprint density at radius 1 is 0.857 bits per heavy atom. The first-order chi connectivity index (χ1) is 10.1. The molecule has 0 bridgehead atoms. The van der Waals surface area contributed by atoms with Gasteiger partial charge in [0.25, 0.3) is 0 Å². The van der Waals surface area contributed by atoms with Crippen molar-refractivity contribution < 1.29 is 8.42 Å². The number of benzene rings is 1. The zero-order valence-corrected chi connectivity index (χ0v) is 12.0. The van der Waals surface area contributed by atoms with E-state index < -0.39 is 10.0 Å². The number of nitrogens with two attached hydrogens (primary N) is 1. The number of H-pyrrole nitrogens is 2. The Bertz CT molecular complexity index is 770. The minimum absolute atomic E-state index is 0.00970. The molecule has 0 fully saturated rings. The average molecular weight is 301 g/mol. The van der Waals surface area contributed by atoms with E-state index in [4.69, 9.17) is 5.14 Å². The van der Waals surface area contributed by atoms with Gasteiger partial charge >= 0.3 is 0 Å². The van der Waals surface area contributed by atoms with Crippen LogP contribution in [0.15, 0.2) is 65.8 Å². The summed E-state index contributed by atoms with van der Waals surface area (Å²) in [6.07, 6.45) is 3.73. The maximum absolute atomic E-state index is 11.3. The van der Waals surface area contributed by atoms with E-state index in [2.05, 4.69) is 9.97 Å². The van der Waals surface area contributed by atoms with E-state index in [1.165, 1.54) is 12.1 Å². The number of sulfonamides is 1. The van der Waals surface area contributed by atoms with Gasteiger partial charge in [-0.05, 0) is 42.0 Å². The molecule has 3 rings (SSSR count). The van der Waals surface area contributed by atoms with Crippen molar-refractivity contribution in [2.75, 3.05) is 0 Å². The molecule has 2 aromatic heterocycles. The molecule has 0 aliphatic carbocycles. The number of hydrogen-bond donors (Lipinski definition) is 3. The van der Waals surface area contributed by atoms with E-state index >= 15 is 0 Å². The third-order valence-electron chi connectivity index (χ3n) is 3.41. The fourth-order valence-electron chi connectivity index (χ4n) is 2.42. The minimum Gasteiger partial charge on any atom is -0.364 e. The highest BCUT2D eigenvalue weighted by Gasteiger charge is 2.19. The molecule has 4 N–H and O–H groups in total. The highest BCUT2D eigenvalue weighted by Crippen LogP contribution is 2.30. The van der Waals surface area contributed by atoms with Crippen molar-refractivity contribution in [3.05, 3.63) is 77.9 Å². The zero-order valence-electron chi connectivity index (χ0n) is 11.2. The molecular weight excluding hydrogens is 286 g/mol. The van der Waals surface area contributed by atoms with Crippen LogP contribution in [0.1, 0.15) is 22.9 Å². The molecule has 2 heterocycles. The summed E-state index contributed by atoms with van der Waals surface area (Å²) >= 11 is 0. The molecule has 1 aromatic carbocycles. The van der Waals surface area contributed by atoms with E-state index in [0.29, 0.717) is 0 Å². The molecule has 3 aromatic rings. The average Bonchev–Trinajstić information content (AvgIpc) is 3.12. The van der Waals surface area contributed by atoms with E-state index in [-0.39, 0.29) is 10.8 Å². The van der Waals surface area contributed by atoms with Crippen LogP contribution in [0.25, 0.3) is 0 Å². The summed E-state index contributed by atoms with van der Waals surface area (Å²) in [4.78, 5) is 6.53. The van der Waals surface area contributed by atoms with Crippen LogP contribution in [0.3, 0.4) is 0 Å². The van der Waals surface area contributed by atoms with Gasteiger partial charge in [-0.15, -0.1) is 0 Å². The summed E-state index contributed by atoms with van der Waals surface area (Å²) in [5, 5.41) is 5.13. The molecule has 0 aliphatic heterocycles. The Balaban J connectivity index is 2.06. The molecule has 21 heavy (non-hydrogen) atoms. The van der Waals surface area contributed by atoms with Crippen LogP contribution in [-0.2, 0) is 10.0 Å². The van der Waals surface area contributed by atoms with Crippen molar-refractivity contribution in [2.45, 2.75) is 10.8 Å². The second-order valence-corrected chi connectivity index (χ2v) is 6.36. The van der Waals surface area contributed by atoms with Gasteiger partial charge in [0.15, 0.2) is 0 Å². The molecule has 108 valence electrons. The molecule has 0 saturated heterocycles. The van der Waals surface area contributed by atoms with Crippen molar-refractivity contribution in [2.24, 2.45) is 5.14 Å². The van der Waals surface area contributed by atoms with Crippen molar-refractivity contribution in [1.82, 2.24) is 9.97 Å². The van der Waals surface area contributed by atoms with Crippen LogP contribution in [-0.4, -0.2) is 18.4 Å². The van der Waals surface area contributed by atoms with Crippen molar-refractivity contribution in [3.63, 3.8) is 0 Å². The van der Waals surface area contributed by atoms with Gasteiger partial charge < -0.3 is 9.97 Å². The van der Waals surface area contributed by atoms with E-state index in [1.54, 1.807) is 12.1 Å². The zero-order chi connectivity index (χ0) is 14.9. The number of nitrogens with one attached hydrogen (secondary N) is 2. The molecule has 0 amide bonds. The molecule has 0 unspecified atom stereocenters. The van der Waals surface area contributed by atoms with Crippen molar-refractivity contribution in [3.8, 4) is 0 Å². The fraction of sp³-hybridized carbons (Fsp3) is 0.0667. The lowest BCUT2D eigenvalue weighted by molar-refractivity contribution is 0.598. The topological polar surface area (TPSA) is 91.7 Å². The monoisotopic (exact) mass is 301 g/mol. The van der Waals surface area contributed by atoms with Crippen LogP contribution >= 0.6 is 0 Å². The van der Waals surface area contributed by atoms with Gasteiger partial charge in [-0.3, -0.25) is 0 Å². The van der Waals surface area contributed by atoms with Crippen molar-refractivity contribution in [1.29, 1.82) is 0 Å². The number of hydrogen-bond acceptors (Lipinski definition) is 2. The molecule has 6 heteroatoms. The molecular formula is C15H15N3O2S. The highest BCUT2D eigenvalue weighted by atomic mass is 32.2. The smallest absolute Gasteiger partial charge is 0.238 e. The van der Waals surface area contributed by atoms with Gasteiger partial charge in [0.1, 0.15) is 0 Å². The third kappa shape index (κ3) is 2.76. The number of rotatable bonds is 4. The number of aromatic nitrogens is 2. The van der Waals surface area contributed by atoms with E-state index in [0.717, 1.165) is 17.0 Å². The normalized spacial score (nSPS) is 11.9. The third-order valence-corrected chi connectivity index (χ3v) is 4.34. The van der Waals surface area contributed by atoms with Crippen LogP contribution < -0.4 is 5.14 Å². The summed E-state index contributed by atoms with van der Waals surface area (Å²) in [7, 11) is -3.67. The summed E-state index contributed by atoms with van der Waals surface area (Å²) in [6, 6.07) is 14.5. The number of primary sulfonamides is 1. The summed E-state index contributed by atoms with van der Waals surface area (Å²) in [6.45, 7) is 0. The van der Waals surface area contributed by atoms with Gasteiger partial charge in [0.2, 0.25) is 10.0 Å². The van der Waals surface area contributed by atoms with Crippen LogP contribution in [0.5, 0.6) is 0 Å². The predicted molar refractivity (Wildman–Crippen MR) is 80.3 cm³/mol. The number of aromatic amines is 2. The SMILES string of the molecule is NS(=O)(=O)c1ccc(C(c2ccc[nH]2)c2ccc[nH]2)cc1. The lowest BCUT2D eigenvalue weighted by Crippen LogP contribution is -2.12. The Morgan fingerprint density at radius 2 is 1.38 bits per heavy atom. The second-order valence-electron chi connectivity index (χ2n) is 4.80. The Hall–Kier alpha value is -2.31. The Kier molecular flexibility index (Phi) is 3.40. The van der Waals surface area contributed by atoms with Gasteiger partial charge in [0.05, 0.1) is 10.8 Å². The van der Waals surface area contributed by atoms with Gasteiger partial charge in [-0.1, -0.05) is 12.1 Å². The van der Waals surface area contributed by atoms with Gasteiger partial charge in [-0.25, -0.2) is 13.6 Å². The maximum atomic E-state index is 11.3. The molecule has 0 spiro atoms. The quantitative estimate of drug-likeness (QED) is 0.689. The molecule has 0 saturated carbocycles. The lowest BCUT2D eigenvalue weighted by Gasteiger charge is -2.15. The van der Waals surface area contributed by atoms with Crippen LogP contribution in [0.2, 0.25) is 0 Å². The first-order valence-corrected chi connectivity index (χ1v) is 7.99. The molecule has 0 radical (unpaired) electrons. The van der Waals surface area contributed by atoms with Crippen molar-refractivity contribution >= 4 is 10.0 Å². The predicted octanol–water partition coefficient (Wildman–Crippen LogP) is 2.17. The minimum atomic E-state index is -3.67.